The van der Waals surface area contributed by atoms with Gasteiger partial charge >= 0.3 is 0 Å². The Hall–Kier alpha value is -7.94. The van der Waals surface area contributed by atoms with Gasteiger partial charge in [-0.05, 0) is 112 Å². The van der Waals surface area contributed by atoms with Crippen LogP contribution in [-0.2, 0) is 0 Å². The van der Waals surface area contributed by atoms with Crippen LogP contribution in [0.3, 0.4) is 0 Å². The molecule has 2 aliphatic rings. The van der Waals surface area contributed by atoms with Gasteiger partial charge in [-0.2, -0.15) is 0 Å². The third kappa shape index (κ3) is 5.36. The summed E-state index contributed by atoms with van der Waals surface area (Å²) in [5.74, 6) is 0.196. The standard InChI is InChI=1S/C60H38N2/c1-3-17-41-39(15-1)33-52(45-21-7-5-19-43(41)45)53-36-58(54-34-40-16-2-4-18-42(40)44-20-6-8-22-46(44)54)62-60-48-24-10-9-23-47(48)51(35-55(53)60)37-29-31-38(32-30-37)59-49-25-11-13-27-56(49)61-57-28-14-12-26-50(57)59/h1-36,49,56H. The molecule has 0 spiro atoms. The number of pyridine rings is 1. The van der Waals surface area contributed by atoms with Gasteiger partial charge < -0.3 is 0 Å². The van der Waals surface area contributed by atoms with Crippen LogP contribution in [0.25, 0.3) is 104 Å². The highest BCUT2D eigenvalue weighted by molar-refractivity contribution is 6.21. The largest absolute Gasteiger partial charge is 0.276 e. The molecule has 62 heavy (non-hydrogen) atoms. The number of aromatic nitrogens is 1. The quantitative estimate of drug-likeness (QED) is 0.163. The summed E-state index contributed by atoms with van der Waals surface area (Å²) in [5, 5.41) is 15.6. The highest BCUT2D eigenvalue weighted by Crippen LogP contribution is 2.45. The first kappa shape index (κ1) is 34.9. The molecule has 0 radical (unpaired) electrons. The molecule has 0 saturated heterocycles. The minimum absolute atomic E-state index is 0.101. The van der Waals surface area contributed by atoms with Gasteiger partial charge in [-0.25, -0.2) is 4.98 Å². The fraction of sp³-hybridized carbons (Fsp3) is 0.0333. The van der Waals surface area contributed by atoms with Crippen LogP contribution in [0, 0.1) is 5.92 Å². The Balaban J connectivity index is 1.09. The van der Waals surface area contributed by atoms with E-state index in [9.17, 15) is 0 Å². The Bertz CT molecular complexity index is 3870. The predicted molar refractivity (Wildman–Crippen MR) is 261 cm³/mol. The minimum Gasteiger partial charge on any atom is -0.276 e. The van der Waals surface area contributed by atoms with Crippen LogP contribution in [0.4, 0.5) is 0 Å². The van der Waals surface area contributed by atoms with Crippen LogP contribution in [0.2, 0.25) is 0 Å². The fourth-order valence-corrected chi connectivity index (χ4v) is 10.5. The van der Waals surface area contributed by atoms with Gasteiger partial charge in [-0.1, -0.05) is 188 Å². The smallest absolute Gasteiger partial charge is 0.0794 e. The molecule has 0 bridgehead atoms. The van der Waals surface area contributed by atoms with E-state index in [1.807, 2.05) is 0 Å². The summed E-state index contributed by atoms with van der Waals surface area (Å²) in [6.45, 7) is 0. The third-order valence-corrected chi connectivity index (χ3v) is 13.4. The summed E-state index contributed by atoms with van der Waals surface area (Å²) >= 11 is 0. The first-order chi connectivity index (χ1) is 30.7. The number of nitrogens with zero attached hydrogens (tertiary/aromatic N) is 2. The van der Waals surface area contributed by atoms with Crippen LogP contribution >= 0.6 is 0 Å². The number of hydrogen-bond donors (Lipinski definition) is 0. The molecule has 1 aromatic heterocycles. The zero-order valence-corrected chi connectivity index (χ0v) is 33.8. The molecule has 2 heterocycles. The molecular formula is C60H38N2. The topological polar surface area (TPSA) is 25.2 Å². The number of para-hydroxylation sites is 1. The highest BCUT2D eigenvalue weighted by atomic mass is 14.8. The molecule has 2 nitrogen and oxygen atoms in total. The van der Waals surface area contributed by atoms with E-state index >= 15 is 0 Å². The lowest BCUT2D eigenvalue weighted by molar-refractivity contribution is 0.667. The molecule has 0 saturated carbocycles. The number of allylic oxidation sites excluding steroid dienone is 2. The Kier molecular flexibility index (Phi) is 7.77. The van der Waals surface area contributed by atoms with E-state index in [0.29, 0.717) is 0 Å². The normalized spacial score (nSPS) is 15.7. The predicted octanol–water partition coefficient (Wildman–Crippen LogP) is 13.9. The van der Waals surface area contributed by atoms with E-state index in [2.05, 4.69) is 218 Å². The summed E-state index contributed by atoms with van der Waals surface area (Å²) in [7, 11) is 0. The number of benzene rings is 10. The van der Waals surface area contributed by atoms with Crippen molar-refractivity contribution >= 4 is 70.3 Å². The van der Waals surface area contributed by atoms with E-state index in [-0.39, 0.29) is 12.0 Å². The van der Waals surface area contributed by atoms with Gasteiger partial charge in [0.1, 0.15) is 0 Å². The number of rotatable bonds is 4. The Labute approximate surface area is 358 Å². The molecule has 0 amide bonds. The molecule has 2 atom stereocenters. The fourth-order valence-electron chi connectivity index (χ4n) is 10.5. The Morgan fingerprint density at radius 3 is 1.58 bits per heavy atom. The summed E-state index contributed by atoms with van der Waals surface area (Å²) in [6, 6.07) is 71.5. The molecule has 0 fully saturated rings. The van der Waals surface area contributed by atoms with Crippen molar-refractivity contribution < 1.29 is 0 Å². The van der Waals surface area contributed by atoms with Crippen molar-refractivity contribution in [3.05, 3.63) is 235 Å². The molecule has 2 unspecified atom stereocenters. The summed E-state index contributed by atoms with van der Waals surface area (Å²) in [6.07, 6.45) is 8.83. The Morgan fingerprint density at radius 1 is 0.355 bits per heavy atom. The van der Waals surface area contributed by atoms with Crippen LogP contribution in [-0.4, -0.2) is 11.0 Å². The van der Waals surface area contributed by atoms with Crippen molar-refractivity contribution in [1.82, 2.24) is 4.98 Å². The monoisotopic (exact) mass is 786 g/mol. The molecule has 2 heteroatoms. The van der Waals surface area contributed by atoms with Gasteiger partial charge in [0.2, 0.25) is 0 Å². The maximum Gasteiger partial charge on any atom is 0.0794 e. The van der Waals surface area contributed by atoms with Gasteiger partial charge in [0.25, 0.3) is 0 Å². The first-order valence-corrected chi connectivity index (χ1v) is 21.6. The molecule has 0 N–H and O–H groups in total. The molecule has 10 aromatic carbocycles. The van der Waals surface area contributed by atoms with Gasteiger partial charge in [0.05, 0.1) is 22.6 Å². The average Bonchev–Trinajstić information content (AvgIpc) is 3.34. The van der Waals surface area contributed by atoms with E-state index in [1.165, 1.54) is 87.1 Å². The third-order valence-electron chi connectivity index (χ3n) is 13.4. The van der Waals surface area contributed by atoms with E-state index in [1.54, 1.807) is 0 Å². The van der Waals surface area contributed by atoms with E-state index in [4.69, 9.17) is 9.98 Å². The summed E-state index contributed by atoms with van der Waals surface area (Å²) < 4.78 is 0. The van der Waals surface area contributed by atoms with Crippen molar-refractivity contribution in [3.8, 4) is 33.5 Å². The second-order valence-corrected chi connectivity index (χ2v) is 16.7. The van der Waals surface area contributed by atoms with E-state index < -0.39 is 0 Å². The van der Waals surface area contributed by atoms with Crippen LogP contribution < -0.4 is 10.6 Å². The van der Waals surface area contributed by atoms with Crippen molar-refractivity contribution in [2.75, 3.05) is 0 Å². The van der Waals surface area contributed by atoms with Crippen LogP contribution in [0.1, 0.15) is 5.56 Å². The zero-order chi connectivity index (χ0) is 40.7. The SMILES string of the molecule is C1=CC2N=c3ccccc3=C(c3ccc(-c4cc5c(-c6cc7ccccc7c7ccccc67)cc(-c6cc7ccccc7c7ccccc67)nc5c5ccccc45)cc3)C2C=C1. The molecule has 1 aliphatic carbocycles. The summed E-state index contributed by atoms with van der Waals surface area (Å²) in [4.78, 5) is 10.8. The van der Waals surface area contributed by atoms with Crippen LogP contribution in [0.15, 0.2) is 223 Å². The maximum atomic E-state index is 5.70. The Morgan fingerprint density at radius 2 is 0.871 bits per heavy atom. The molecule has 11 aromatic rings. The molecular weight excluding hydrogens is 749 g/mol. The van der Waals surface area contributed by atoms with Gasteiger partial charge in [0.15, 0.2) is 0 Å². The number of fused-ring (bicyclic) bond motifs is 11. The van der Waals surface area contributed by atoms with Crippen molar-refractivity contribution in [2.24, 2.45) is 10.9 Å². The highest BCUT2D eigenvalue weighted by Gasteiger charge is 2.27. The van der Waals surface area contributed by atoms with Crippen molar-refractivity contribution in [3.63, 3.8) is 0 Å². The number of hydrogen-bond acceptors (Lipinski definition) is 2. The second kappa shape index (κ2) is 13.8. The molecule has 1 aliphatic heterocycles. The average molecular weight is 787 g/mol. The summed E-state index contributed by atoms with van der Waals surface area (Å²) in [5.41, 5.74) is 10.4. The van der Waals surface area contributed by atoms with Crippen molar-refractivity contribution in [1.29, 1.82) is 0 Å². The molecule has 288 valence electrons. The lowest BCUT2D eigenvalue weighted by Gasteiger charge is -2.27. The van der Waals surface area contributed by atoms with Gasteiger partial charge in [0, 0.05) is 27.5 Å². The van der Waals surface area contributed by atoms with Crippen molar-refractivity contribution in [2.45, 2.75) is 6.04 Å². The zero-order valence-electron chi connectivity index (χ0n) is 33.8. The first-order valence-electron chi connectivity index (χ1n) is 21.6. The second-order valence-electron chi connectivity index (χ2n) is 16.7. The van der Waals surface area contributed by atoms with Gasteiger partial charge in [-0.3, -0.25) is 4.99 Å². The van der Waals surface area contributed by atoms with Crippen LogP contribution in [0.5, 0.6) is 0 Å². The lowest BCUT2D eigenvalue weighted by atomic mass is 9.81. The van der Waals surface area contributed by atoms with Gasteiger partial charge in [-0.15, -0.1) is 0 Å². The van der Waals surface area contributed by atoms with E-state index in [0.717, 1.165) is 32.9 Å². The minimum atomic E-state index is 0.101. The molecule has 13 rings (SSSR count). The maximum absolute atomic E-state index is 5.70. The lowest BCUT2D eigenvalue weighted by Crippen LogP contribution is -2.39.